The maximum absolute atomic E-state index is 12.3. The lowest BCUT2D eigenvalue weighted by Gasteiger charge is -2.38. The zero-order valence-electron chi connectivity index (χ0n) is 25.3. The second-order valence-corrected chi connectivity index (χ2v) is 11.3. The molecule has 3 aromatic rings. The van der Waals surface area contributed by atoms with Crippen molar-refractivity contribution in [3.63, 3.8) is 0 Å². The number of hydrogen-bond donors (Lipinski definition) is 3. The summed E-state index contributed by atoms with van der Waals surface area (Å²) in [5.41, 5.74) is 5.14. The Morgan fingerprint density at radius 1 is 0.837 bits per heavy atom. The zero-order valence-corrected chi connectivity index (χ0v) is 25.3. The zero-order chi connectivity index (χ0) is 30.4. The number of benzene rings is 3. The molecule has 0 aromatic heterocycles. The van der Waals surface area contributed by atoms with Gasteiger partial charge in [0.1, 0.15) is 0 Å². The van der Waals surface area contributed by atoms with Crippen molar-refractivity contribution in [1.82, 2.24) is 15.5 Å². The summed E-state index contributed by atoms with van der Waals surface area (Å²) in [4.78, 5) is 25.5. The van der Waals surface area contributed by atoms with E-state index in [2.05, 4.69) is 46.8 Å². The molecule has 4 rings (SSSR count). The molecule has 2 amide bonds. The minimum Gasteiger partial charge on any atom is -0.392 e. The first-order valence-corrected chi connectivity index (χ1v) is 15.2. The molecule has 0 unspecified atom stereocenters. The number of nitrogens with one attached hydrogen (secondary N) is 2. The molecule has 0 radical (unpaired) electrons. The van der Waals surface area contributed by atoms with Gasteiger partial charge in [-0.25, -0.2) is 0 Å². The van der Waals surface area contributed by atoms with Crippen molar-refractivity contribution in [2.45, 2.75) is 77.2 Å². The van der Waals surface area contributed by atoms with Gasteiger partial charge in [-0.2, -0.15) is 0 Å². The van der Waals surface area contributed by atoms with E-state index in [1.54, 1.807) is 0 Å². The van der Waals surface area contributed by atoms with Crippen LogP contribution >= 0.6 is 0 Å². The van der Waals surface area contributed by atoms with E-state index >= 15 is 0 Å². The molecule has 43 heavy (non-hydrogen) atoms. The maximum atomic E-state index is 12.3. The molecular weight excluding hydrogens is 542 g/mol. The van der Waals surface area contributed by atoms with Crippen LogP contribution in [0.5, 0.6) is 0 Å². The highest BCUT2D eigenvalue weighted by Crippen LogP contribution is 2.38. The van der Waals surface area contributed by atoms with Crippen LogP contribution in [0.1, 0.15) is 79.2 Å². The minimum atomic E-state index is -0.521. The SMILES string of the molecule is CC(=O)NCCCCCC(=O)NCc1ccc([C@@H]2O[C@H](CN(C)Cc3ccccc3)C[C@H](c3ccc(CO)cc3)O2)cc1. The average molecular weight is 588 g/mol. The number of hydrogen-bond acceptors (Lipinski definition) is 6. The first-order chi connectivity index (χ1) is 20.9. The van der Waals surface area contributed by atoms with Gasteiger partial charge in [0.15, 0.2) is 6.29 Å². The minimum absolute atomic E-state index is 0.0111. The van der Waals surface area contributed by atoms with E-state index in [0.29, 0.717) is 19.5 Å². The standard InChI is InChI=1S/C35H45N3O5/c1-26(40)36-20-8-4-7-11-34(41)37-22-27-12-18-31(19-13-27)35-42-32(24-38(2)23-28-9-5-3-6-10-28)21-33(43-35)30-16-14-29(25-39)15-17-30/h3,5-6,9-10,12-19,32-33,35,39H,4,7-8,11,20-25H2,1-2H3,(H,36,40)(H,37,41)/t32-,33+,35+/m0/s1. The number of ether oxygens (including phenoxy) is 2. The number of amides is 2. The van der Waals surface area contributed by atoms with Crippen molar-refractivity contribution in [2.75, 3.05) is 20.1 Å². The Hall–Kier alpha value is -3.56. The number of aliphatic hydroxyl groups excluding tert-OH is 1. The average Bonchev–Trinajstić information content (AvgIpc) is 3.02. The molecule has 1 aliphatic rings. The van der Waals surface area contributed by atoms with Gasteiger partial charge in [0.05, 0.1) is 18.8 Å². The molecule has 1 fully saturated rings. The molecule has 8 heteroatoms. The summed E-state index contributed by atoms with van der Waals surface area (Å²) in [6.45, 7) is 4.23. The van der Waals surface area contributed by atoms with Crippen LogP contribution in [0.25, 0.3) is 0 Å². The third kappa shape index (κ3) is 10.9. The summed E-state index contributed by atoms with van der Waals surface area (Å²) in [6.07, 6.45) is 3.08. The molecule has 8 nitrogen and oxygen atoms in total. The van der Waals surface area contributed by atoms with E-state index in [-0.39, 0.29) is 30.6 Å². The number of carbonyl (C=O) groups is 2. The molecule has 230 valence electrons. The first kappa shape index (κ1) is 32.4. The Kier molecular flexibility index (Phi) is 12.7. The molecule has 1 aliphatic heterocycles. The van der Waals surface area contributed by atoms with Gasteiger partial charge in [-0.3, -0.25) is 14.5 Å². The Bertz CT molecular complexity index is 1270. The van der Waals surface area contributed by atoms with Gasteiger partial charge < -0.3 is 25.2 Å². The van der Waals surface area contributed by atoms with Crippen molar-refractivity contribution in [3.8, 4) is 0 Å². The summed E-state index contributed by atoms with van der Waals surface area (Å²) in [5.74, 6) is 0.00468. The summed E-state index contributed by atoms with van der Waals surface area (Å²) in [7, 11) is 2.11. The molecular formula is C35H45N3O5. The Labute approximate surface area is 255 Å². The lowest BCUT2D eigenvalue weighted by atomic mass is 9.99. The van der Waals surface area contributed by atoms with Gasteiger partial charge in [-0.1, -0.05) is 85.3 Å². The maximum Gasteiger partial charge on any atom is 0.220 e. The van der Waals surface area contributed by atoms with Gasteiger partial charge in [0, 0.05) is 51.5 Å². The van der Waals surface area contributed by atoms with E-state index in [9.17, 15) is 14.7 Å². The third-order valence-electron chi connectivity index (χ3n) is 7.62. The van der Waals surface area contributed by atoms with Crippen LogP contribution in [-0.4, -0.2) is 48.1 Å². The van der Waals surface area contributed by atoms with Crippen molar-refractivity contribution in [3.05, 3.63) is 107 Å². The number of nitrogens with zero attached hydrogens (tertiary/aromatic N) is 1. The molecule has 1 saturated heterocycles. The highest BCUT2D eigenvalue weighted by molar-refractivity contribution is 5.75. The molecule has 3 atom stereocenters. The van der Waals surface area contributed by atoms with Crippen LogP contribution in [0.4, 0.5) is 0 Å². The highest BCUT2D eigenvalue weighted by Gasteiger charge is 2.32. The second kappa shape index (κ2) is 16.9. The van der Waals surface area contributed by atoms with Gasteiger partial charge in [0.2, 0.25) is 11.8 Å². The Morgan fingerprint density at radius 2 is 1.53 bits per heavy atom. The van der Waals surface area contributed by atoms with Gasteiger partial charge in [0.25, 0.3) is 0 Å². The summed E-state index contributed by atoms with van der Waals surface area (Å²) in [5, 5.41) is 15.2. The smallest absolute Gasteiger partial charge is 0.220 e. The predicted octanol–water partition coefficient (Wildman–Crippen LogP) is 5.17. The van der Waals surface area contributed by atoms with E-state index in [0.717, 1.165) is 61.0 Å². The fraction of sp³-hybridized carbons (Fsp3) is 0.429. The van der Waals surface area contributed by atoms with Crippen LogP contribution in [0.15, 0.2) is 78.9 Å². The van der Waals surface area contributed by atoms with Crippen molar-refractivity contribution < 1.29 is 24.2 Å². The number of rotatable bonds is 15. The highest BCUT2D eigenvalue weighted by atomic mass is 16.7. The third-order valence-corrected chi connectivity index (χ3v) is 7.62. The van der Waals surface area contributed by atoms with Gasteiger partial charge in [-0.15, -0.1) is 0 Å². The fourth-order valence-electron chi connectivity index (χ4n) is 5.27. The second-order valence-electron chi connectivity index (χ2n) is 11.3. The monoisotopic (exact) mass is 587 g/mol. The number of carbonyl (C=O) groups excluding carboxylic acids is 2. The number of aliphatic hydroxyl groups is 1. The van der Waals surface area contributed by atoms with Crippen LogP contribution < -0.4 is 10.6 Å². The van der Waals surface area contributed by atoms with E-state index in [4.69, 9.17) is 9.47 Å². The van der Waals surface area contributed by atoms with Gasteiger partial charge >= 0.3 is 0 Å². The summed E-state index contributed by atoms with van der Waals surface area (Å²) >= 11 is 0. The van der Waals surface area contributed by atoms with Gasteiger partial charge in [-0.05, 0) is 42.1 Å². The first-order valence-electron chi connectivity index (χ1n) is 15.2. The van der Waals surface area contributed by atoms with Crippen molar-refractivity contribution in [1.29, 1.82) is 0 Å². The quantitative estimate of drug-likeness (QED) is 0.212. The molecule has 1 heterocycles. The normalized spacial score (nSPS) is 18.4. The number of unbranched alkanes of at least 4 members (excludes halogenated alkanes) is 2. The number of likely N-dealkylation sites (N-methyl/N-ethyl adjacent to an activating group) is 1. The van der Waals surface area contributed by atoms with Crippen LogP contribution in [-0.2, 0) is 38.8 Å². The van der Waals surface area contributed by atoms with Crippen LogP contribution in [0.2, 0.25) is 0 Å². The largest absolute Gasteiger partial charge is 0.392 e. The summed E-state index contributed by atoms with van der Waals surface area (Å²) < 4.78 is 13.0. The Morgan fingerprint density at radius 3 is 2.23 bits per heavy atom. The van der Waals surface area contributed by atoms with E-state index < -0.39 is 6.29 Å². The molecule has 0 bridgehead atoms. The van der Waals surface area contributed by atoms with Crippen molar-refractivity contribution in [2.24, 2.45) is 0 Å². The molecule has 0 saturated carbocycles. The Balaban J connectivity index is 1.33. The van der Waals surface area contributed by atoms with Crippen molar-refractivity contribution >= 4 is 11.8 Å². The molecule has 0 spiro atoms. The van der Waals surface area contributed by atoms with E-state index in [1.165, 1.54) is 12.5 Å². The fourth-order valence-corrected chi connectivity index (χ4v) is 5.27. The van der Waals surface area contributed by atoms with Crippen LogP contribution in [0.3, 0.4) is 0 Å². The molecule has 3 N–H and O–H groups in total. The topological polar surface area (TPSA) is 100 Å². The lowest BCUT2D eigenvalue weighted by molar-refractivity contribution is -0.252. The lowest BCUT2D eigenvalue weighted by Crippen LogP contribution is -2.37. The predicted molar refractivity (Wildman–Crippen MR) is 167 cm³/mol. The summed E-state index contributed by atoms with van der Waals surface area (Å²) in [6, 6.07) is 26.4. The van der Waals surface area contributed by atoms with E-state index in [1.807, 2.05) is 54.6 Å². The van der Waals surface area contributed by atoms with Crippen LogP contribution in [0, 0.1) is 0 Å². The molecule has 0 aliphatic carbocycles. The molecule has 3 aromatic carbocycles.